The molecule has 0 aromatic heterocycles. The van der Waals surface area contributed by atoms with Crippen LogP contribution in [-0.2, 0) is 9.78 Å². The first-order valence-corrected chi connectivity index (χ1v) is 5.82. The predicted octanol–water partition coefficient (Wildman–Crippen LogP) is 2.78. The zero-order chi connectivity index (χ0) is 12.1. The second-order valence-corrected chi connectivity index (χ2v) is 4.50. The largest absolute Gasteiger partial charge is 0.506 e. The van der Waals surface area contributed by atoms with Crippen molar-refractivity contribution in [3.8, 4) is 5.75 Å². The molecule has 0 saturated carbocycles. The Morgan fingerprint density at radius 3 is 2.88 bits per heavy atom. The van der Waals surface area contributed by atoms with Crippen molar-refractivity contribution in [2.75, 3.05) is 13.7 Å². The van der Waals surface area contributed by atoms with Gasteiger partial charge in [0.05, 0.1) is 18.2 Å². The molecule has 90 valence electrons. The van der Waals surface area contributed by atoms with Gasteiger partial charge in [-0.15, -0.1) is 0 Å². The van der Waals surface area contributed by atoms with Crippen molar-refractivity contribution in [2.24, 2.45) is 5.73 Å². The average Bonchev–Trinajstić information content (AvgIpc) is 2.23. The van der Waals surface area contributed by atoms with Crippen LogP contribution >= 0.6 is 27.5 Å². The Hall–Kier alpha value is -0.330. The highest BCUT2D eigenvalue weighted by Gasteiger charge is 2.14. The molecule has 1 atom stereocenters. The molecule has 0 fully saturated rings. The second kappa shape index (κ2) is 6.42. The SMILES string of the molecule is COOCCC(N)c1cc(Cl)cc(Br)c1O. The van der Waals surface area contributed by atoms with Crippen LogP contribution in [0.2, 0.25) is 5.02 Å². The molecular weight excluding hydrogens is 297 g/mol. The van der Waals surface area contributed by atoms with Gasteiger partial charge in [0.25, 0.3) is 0 Å². The summed E-state index contributed by atoms with van der Waals surface area (Å²) in [5, 5.41) is 10.3. The maximum atomic E-state index is 9.79. The summed E-state index contributed by atoms with van der Waals surface area (Å²) in [6.07, 6.45) is 0.522. The third-order valence-electron chi connectivity index (χ3n) is 2.09. The lowest BCUT2D eigenvalue weighted by atomic mass is 10.0. The first-order chi connectivity index (χ1) is 7.56. The van der Waals surface area contributed by atoms with Crippen LogP contribution < -0.4 is 5.73 Å². The molecule has 0 aliphatic rings. The Kier molecular flexibility index (Phi) is 5.51. The molecule has 0 heterocycles. The van der Waals surface area contributed by atoms with Gasteiger partial charge in [0.1, 0.15) is 5.75 Å². The first-order valence-electron chi connectivity index (χ1n) is 4.65. The van der Waals surface area contributed by atoms with Crippen molar-refractivity contribution >= 4 is 27.5 Å². The van der Waals surface area contributed by atoms with E-state index in [0.29, 0.717) is 28.1 Å². The fourth-order valence-electron chi connectivity index (χ4n) is 1.28. The van der Waals surface area contributed by atoms with Gasteiger partial charge in [-0.1, -0.05) is 11.6 Å². The Bertz CT molecular complexity index is 362. The van der Waals surface area contributed by atoms with Gasteiger partial charge in [0.15, 0.2) is 0 Å². The molecule has 0 aliphatic carbocycles. The zero-order valence-electron chi connectivity index (χ0n) is 8.74. The third kappa shape index (κ3) is 3.61. The molecule has 0 bridgehead atoms. The molecule has 1 rings (SSSR count). The second-order valence-electron chi connectivity index (χ2n) is 3.21. The van der Waals surface area contributed by atoms with Crippen LogP contribution in [-0.4, -0.2) is 18.8 Å². The van der Waals surface area contributed by atoms with E-state index >= 15 is 0 Å². The molecule has 1 unspecified atom stereocenters. The van der Waals surface area contributed by atoms with Crippen molar-refractivity contribution in [1.82, 2.24) is 0 Å². The van der Waals surface area contributed by atoms with Crippen LogP contribution in [0.3, 0.4) is 0 Å². The monoisotopic (exact) mass is 309 g/mol. The summed E-state index contributed by atoms with van der Waals surface area (Å²) in [5.74, 6) is 0.106. The molecule has 6 heteroatoms. The van der Waals surface area contributed by atoms with Gasteiger partial charge in [0, 0.05) is 16.6 Å². The van der Waals surface area contributed by atoms with Gasteiger partial charge in [-0.05, 0) is 34.5 Å². The summed E-state index contributed by atoms with van der Waals surface area (Å²) >= 11 is 9.08. The number of nitrogens with two attached hydrogens (primary N) is 1. The van der Waals surface area contributed by atoms with Crippen LogP contribution in [0.1, 0.15) is 18.0 Å². The van der Waals surface area contributed by atoms with E-state index in [0.717, 1.165) is 0 Å². The molecule has 0 aliphatic heterocycles. The Morgan fingerprint density at radius 2 is 2.25 bits per heavy atom. The van der Waals surface area contributed by atoms with Gasteiger partial charge in [0.2, 0.25) is 0 Å². The van der Waals surface area contributed by atoms with Gasteiger partial charge in [-0.2, -0.15) is 0 Å². The third-order valence-corrected chi connectivity index (χ3v) is 2.91. The lowest BCUT2D eigenvalue weighted by Crippen LogP contribution is -2.13. The van der Waals surface area contributed by atoms with Crippen LogP contribution in [0.25, 0.3) is 0 Å². The number of rotatable bonds is 5. The maximum absolute atomic E-state index is 9.79. The van der Waals surface area contributed by atoms with Crippen molar-refractivity contribution < 1.29 is 14.9 Å². The minimum absolute atomic E-state index is 0.106. The van der Waals surface area contributed by atoms with E-state index in [-0.39, 0.29) is 11.8 Å². The van der Waals surface area contributed by atoms with E-state index in [4.69, 9.17) is 22.2 Å². The summed E-state index contributed by atoms with van der Waals surface area (Å²) in [5.41, 5.74) is 6.48. The summed E-state index contributed by atoms with van der Waals surface area (Å²) in [6.45, 7) is 0.348. The molecule has 16 heavy (non-hydrogen) atoms. The summed E-state index contributed by atoms with van der Waals surface area (Å²) < 4.78 is 0.526. The van der Waals surface area contributed by atoms with Gasteiger partial charge in [-0.3, -0.25) is 0 Å². The number of hydrogen-bond donors (Lipinski definition) is 2. The Balaban J connectivity index is 2.78. The Morgan fingerprint density at radius 1 is 1.56 bits per heavy atom. The quantitative estimate of drug-likeness (QED) is 0.499. The van der Waals surface area contributed by atoms with Gasteiger partial charge < -0.3 is 10.8 Å². The number of halogens is 2. The number of hydrogen-bond acceptors (Lipinski definition) is 4. The van der Waals surface area contributed by atoms with E-state index in [1.165, 1.54) is 7.11 Å². The molecule has 3 N–H and O–H groups in total. The number of phenols is 1. The minimum atomic E-state index is -0.356. The van der Waals surface area contributed by atoms with Crippen molar-refractivity contribution in [2.45, 2.75) is 12.5 Å². The topological polar surface area (TPSA) is 64.7 Å². The van der Waals surface area contributed by atoms with Crippen LogP contribution in [0, 0.1) is 0 Å². The van der Waals surface area contributed by atoms with E-state index < -0.39 is 0 Å². The molecule has 0 amide bonds. The van der Waals surface area contributed by atoms with Crippen molar-refractivity contribution in [3.63, 3.8) is 0 Å². The molecule has 0 radical (unpaired) electrons. The highest BCUT2D eigenvalue weighted by Crippen LogP contribution is 2.35. The number of benzene rings is 1. The summed E-state index contributed by atoms with van der Waals surface area (Å²) in [6, 6.07) is 2.89. The van der Waals surface area contributed by atoms with E-state index in [2.05, 4.69) is 20.8 Å². The molecule has 1 aromatic carbocycles. The van der Waals surface area contributed by atoms with E-state index in [9.17, 15) is 5.11 Å². The maximum Gasteiger partial charge on any atom is 0.134 e. The van der Waals surface area contributed by atoms with Crippen molar-refractivity contribution in [1.29, 1.82) is 0 Å². The fourth-order valence-corrected chi connectivity index (χ4v) is 2.12. The number of aromatic hydroxyl groups is 1. The summed E-state index contributed by atoms with van der Waals surface area (Å²) in [4.78, 5) is 9.17. The predicted molar refractivity (Wildman–Crippen MR) is 65.3 cm³/mol. The highest BCUT2D eigenvalue weighted by atomic mass is 79.9. The van der Waals surface area contributed by atoms with Crippen LogP contribution in [0.5, 0.6) is 5.75 Å². The fraction of sp³-hybridized carbons (Fsp3) is 0.400. The molecule has 1 aromatic rings. The van der Waals surface area contributed by atoms with Crippen molar-refractivity contribution in [3.05, 3.63) is 27.2 Å². The molecular formula is C10H13BrClNO3. The lowest BCUT2D eigenvalue weighted by molar-refractivity contribution is -0.273. The molecule has 4 nitrogen and oxygen atoms in total. The summed E-state index contributed by atoms with van der Waals surface area (Å²) in [7, 11) is 1.43. The Labute approximate surface area is 107 Å². The lowest BCUT2D eigenvalue weighted by Gasteiger charge is -2.14. The first kappa shape index (κ1) is 13.7. The van der Waals surface area contributed by atoms with E-state index in [1.54, 1.807) is 12.1 Å². The highest BCUT2D eigenvalue weighted by molar-refractivity contribution is 9.10. The van der Waals surface area contributed by atoms with Gasteiger partial charge >= 0.3 is 0 Å². The van der Waals surface area contributed by atoms with Crippen LogP contribution in [0.4, 0.5) is 0 Å². The van der Waals surface area contributed by atoms with E-state index in [1.807, 2.05) is 0 Å². The molecule has 0 saturated heterocycles. The average molecular weight is 311 g/mol. The minimum Gasteiger partial charge on any atom is -0.506 e. The van der Waals surface area contributed by atoms with Gasteiger partial charge in [-0.25, -0.2) is 9.78 Å². The standard InChI is InChI=1S/C10H13BrClNO3/c1-15-16-3-2-9(13)7-4-6(12)5-8(11)10(7)14/h4-5,9,14H,2-3,13H2,1H3. The smallest absolute Gasteiger partial charge is 0.134 e. The number of phenolic OH excluding ortho intramolecular Hbond substituents is 1. The van der Waals surface area contributed by atoms with Crippen LogP contribution in [0.15, 0.2) is 16.6 Å². The zero-order valence-corrected chi connectivity index (χ0v) is 11.1. The normalized spacial score (nSPS) is 12.8. The molecule has 0 spiro atoms.